The monoisotopic (exact) mass is 310 g/mol. The zero-order chi connectivity index (χ0) is 15.5. The Bertz CT molecular complexity index is 470. The minimum Gasteiger partial charge on any atom is -0.490 e. The molecule has 1 aliphatic carbocycles. The van der Waals surface area contributed by atoms with E-state index in [0.29, 0.717) is 24.5 Å². The maximum Gasteiger partial charge on any atom is 0.161 e. The molecule has 0 aliphatic heterocycles. The molecule has 1 aliphatic rings. The van der Waals surface area contributed by atoms with E-state index in [1.54, 1.807) is 0 Å². The molecule has 2 rings (SSSR count). The summed E-state index contributed by atoms with van der Waals surface area (Å²) < 4.78 is 11.6. The molecule has 0 aromatic heterocycles. The molecule has 2 unspecified atom stereocenters. The molecule has 0 amide bonds. The molecule has 0 saturated heterocycles. The summed E-state index contributed by atoms with van der Waals surface area (Å²) in [6, 6.07) is 6.14. The first kappa shape index (κ1) is 16.5. The van der Waals surface area contributed by atoms with Crippen molar-refractivity contribution in [2.24, 2.45) is 11.3 Å². The normalized spacial score (nSPS) is 20.9. The first-order chi connectivity index (χ1) is 9.99. The number of halogens is 1. The summed E-state index contributed by atoms with van der Waals surface area (Å²) in [5, 5.41) is 0.0594. The van der Waals surface area contributed by atoms with E-state index in [2.05, 4.69) is 39.8 Å². The number of benzene rings is 1. The van der Waals surface area contributed by atoms with Crippen LogP contribution < -0.4 is 9.47 Å². The molecule has 0 radical (unpaired) electrons. The molecule has 0 spiro atoms. The highest BCUT2D eigenvalue weighted by atomic mass is 35.5. The fraction of sp³-hybridized carbons (Fsp3) is 0.667. The van der Waals surface area contributed by atoms with Gasteiger partial charge in [0.15, 0.2) is 11.5 Å². The average molecular weight is 311 g/mol. The molecule has 2 atom stereocenters. The van der Waals surface area contributed by atoms with Crippen molar-refractivity contribution < 1.29 is 9.47 Å². The Morgan fingerprint density at radius 2 is 1.71 bits per heavy atom. The molecule has 1 aromatic rings. The Balaban J connectivity index is 2.15. The van der Waals surface area contributed by atoms with Gasteiger partial charge in [0.05, 0.1) is 18.6 Å². The van der Waals surface area contributed by atoms with Crippen molar-refractivity contribution >= 4 is 11.6 Å². The van der Waals surface area contributed by atoms with Crippen LogP contribution in [0, 0.1) is 11.3 Å². The largest absolute Gasteiger partial charge is 0.490 e. The van der Waals surface area contributed by atoms with Crippen LogP contribution in [0.1, 0.15) is 57.9 Å². The van der Waals surface area contributed by atoms with Gasteiger partial charge in [-0.15, -0.1) is 11.6 Å². The molecule has 1 saturated carbocycles. The van der Waals surface area contributed by atoms with Crippen LogP contribution in [0.4, 0.5) is 0 Å². The molecular weight excluding hydrogens is 284 g/mol. The topological polar surface area (TPSA) is 18.5 Å². The molecule has 0 heterocycles. The Morgan fingerprint density at radius 1 is 1.14 bits per heavy atom. The summed E-state index contributed by atoms with van der Waals surface area (Å²) in [6.07, 6.45) is 3.17. The van der Waals surface area contributed by atoms with Gasteiger partial charge in [-0.2, -0.15) is 0 Å². The van der Waals surface area contributed by atoms with Gasteiger partial charge in [0.2, 0.25) is 0 Å². The van der Waals surface area contributed by atoms with Gasteiger partial charge >= 0.3 is 0 Å². The van der Waals surface area contributed by atoms with E-state index >= 15 is 0 Å². The van der Waals surface area contributed by atoms with Crippen LogP contribution in [0.2, 0.25) is 0 Å². The van der Waals surface area contributed by atoms with Crippen molar-refractivity contribution in [2.45, 2.75) is 52.3 Å². The lowest BCUT2D eigenvalue weighted by Crippen LogP contribution is -2.04. The van der Waals surface area contributed by atoms with Crippen molar-refractivity contribution in [3.63, 3.8) is 0 Å². The molecule has 118 valence electrons. The highest BCUT2D eigenvalue weighted by Crippen LogP contribution is 2.60. The van der Waals surface area contributed by atoms with E-state index in [9.17, 15) is 0 Å². The fourth-order valence-electron chi connectivity index (χ4n) is 2.59. The van der Waals surface area contributed by atoms with E-state index in [0.717, 1.165) is 29.9 Å². The fourth-order valence-corrected chi connectivity index (χ4v) is 3.16. The Hall–Kier alpha value is -0.890. The SMILES string of the molecule is CCCOc1ccc(C(Cl)C2CC2(C)C)cc1OCCC. The number of alkyl halides is 1. The van der Waals surface area contributed by atoms with E-state index in [4.69, 9.17) is 21.1 Å². The smallest absolute Gasteiger partial charge is 0.161 e. The highest BCUT2D eigenvalue weighted by Gasteiger charge is 2.50. The Labute approximate surface area is 133 Å². The summed E-state index contributed by atoms with van der Waals surface area (Å²) in [6.45, 7) is 10.2. The van der Waals surface area contributed by atoms with Gasteiger partial charge in [0.1, 0.15) is 0 Å². The first-order valence-electron chi connectivity index (χ1n) is 8.03. The molecule has 21 heavy (non-hydrogen) atoms. The number of ether oxygens (including phenoxy) is 2. The molecule has 0 N–H and O–H groups in total. The Morgan fingerprint density at radius 3 is 2.24 bits per heavy atom. The number of hydrogen-bond donors (Lipinski definition) is 0. The molecule has 1 fully saturated rings. The second-order valence-electron chi connectivity index (χ2n) is 6.60. The van der Waals surface area contributed by atoms with Crippen LogP contribution in [0.3, 0.4) is 0 Å². The minimum atomic E-state index is 0.0594. The van der Waals surface area contributed by atoms with Crippen LogP contribution in [0.5, 0.6) is 11.5 Å². The van der Waals surface area contributed by atoms with Crippen LogP contribution in [0.25, 0.3) is 0 Å². The van der Waals surface area contributed by atoms with Gasteiger partial charge in [0, 0.05) is 0 Å². The standard InChI is InChI=1S/C18H27ClO2/c1-5-9-20-15-8-7-13(11-16(15)21-10-6-2)17(19)14-12-18(14,3)4/h7-8,11,14,17H,5-6,9-10,12H2,1-4H3. The predicted molar refractivity (Wildman–Crippen MR) is 88.5 cm³/mol. The van der Waals surface area contributed by atoms with Crippen molar-refractivity contribution in [2.75, 3.05) is 13.2 Å². The van der Waals surface area contributed by atoms with E-state index in [1.807, 2.05) is 6.07 Å². The second-order valence-corrected chi connectivity index (χ2v) is 7.07. The van der Waals surface area contributed by atoms with Crippen LogP contribution in [-0.4, -0.2) is 13.2 Å². The van der Waals surface area contributed by atoms with Crippen LogP contribution in [0.15, 0.2) is 18.2 Å². The predicted octanol–water partition coefficient (Wildman–Crippen LogP) is 5.59. The lowest BCUT2D eigenvalue weighted by atomic mass is 10.0. The maximum atomic E-state index is 6.65. The highest BCUT2D eigenvalue weighted by molar-refractivity contribution is 6.21. The summed E-state index contributed by atoms with van der Waals surface area (Å²) in [7, 11) is 0. The number of rotatable bonds is 8. The lowest BCUT2D eigenvalue weighted by molar-refractivity contribution is 0.268. The van der Waals surface area contributed by atoms with E-state index < -0.39 is 0 Å². The summed E-state index contributed by atoms with van der Waals surface area (Å²) >= 11 is 6.65. The zero-order valence-electron chi connectivity index (χ0n) is 13.6. The van der Waals surface area contributed by atoms with Crippen LogP contribution >= 0.6 is 11.6 Å². The second kappa shape index (κ2) is 6.91. The van der Waals surface area contributed by atoms with Gasteiger partial charge in [-0.05, 0) is 48.3 Å². The zero-order valence-corrected chi connectivity index (χ0v) is 14.4. The molecular formula is C18H27ClO2. The van der Waals surface area contributed by atoms with Crippen molar-refractivity contribution in [3.05, 3.63) is 23.8 Å². The third kappa shape index (κ3) is 4.06. The van der Waals surface area contributed by atoms with Crippen molar-refractivity contribution in [1.29, 1.82) is 0 Å². The third-order valence-electron chi connectivity index (χ3n) is 4.15. The summed E-state index contributed by atoms with van der Waals surface area (Å²) in [5.74, 6) is 2.21. The molecule has 1 aromatic carbocycles. The lowest BCUT2D eigenvalue weighted by Gasteiger charge is -2.16. The van der Waals surface area contributed by atoms with Gasteiger partial charge < -0.3 is 9.47 Å². The molecule has 3 heteroatoms. The van der Waals surface area contributed by atoms with Gasteiger partial charge in [-0.3, -0.25) is 0 Å². The minimum absolute atomic E-state index is 0.0594. The van der Waals surface area contributed by atoms with Gasteiger partial charge in [-0.25, -0.2) is 0 Å². The molecule has 0 bridgehead atoms. The maximum absolute atomic E-state index is 6.65. The van der Waals surface area contributed by atoms with Crippen LogP contribution in [-0.2, 0) is 0 Å². The summed E-state index contributed by atoms with van der Waals surface area (Å²) in [5.41, 5.74) is 1.51. The first-order valence-corrected chi connectivity index (χ1v) is 8.46. The van der Waals surface area contributed by atoms with E-state index in [1.165, 1.54) is 6.42 Å². The van der Waals surface area contributed by atoms with Crippen molar-refractivity contribution in [3.8, 4) is 11.5 Å². The van der Waals surface area contributed by atoms with E-state index in [-0.39, 0.29) is 5.38 Å². The van der Waals surface area contributed by atoms with Crippen molar-refractivity contribution in [1.82, 2.24) is 0 Å². The summed E-state index contributed by atoms with van der Waals surface area (Å²) in [4.78, 5) is 0. The molecule has 2 nitrogen and oxygen atoms in total. The quantitative estimate of drug-likeness (QED) is 0.583. The van der Waals surface area contributed by atoms with Gasteiger partial charge in [0.25, 0.3) is 0 Å². The Kier molecular flexibility index (Phi) is 5.43. The average Bonchev–Trinajstić information content (AvgIpc) is 3.11. The van der Waals surface area contributed by atoms with Gasteiger partial charge in [-0.1, -0.05) is 33.8 Å². The number of hydrogen-bond acceptors (Lipinski definition) is 2. The third-order valence-corrected chi connectivity index (χ3v) is 4.71.